The van der Waals surface area contributed by atoms with E-state index in [2.05, 4.69) is 12.2 Å². The van der Waals surface area contributed by atoms with E-state index in [0.717, 1.165) is 24.1 Å². The first-order valence-corrected chi connectivity index (χ1v) is 4.79. The number of anilines is 1. The number of halogens is 2. The van der Waals surface area contributed by atoms with Crippen molar-refractivity contribution >= 4 is 17.3 Å². The fraction of sp³-hybridized carbons (Fsp3) is 0.400. The van der Waals surface area contributed by atoms with Crippen LogP contribution in [0.5, 0.6) is 0 Å². The molecule has 0 saturated heterocycles. The largest absolute Gasteiger partial charge is 0.381 e. The maximum absolute atomic E-state index is 13.1. The van der Waals surface area contributed by atoms with Crippen LogP contribution in [0.4, 0.5) is 10.1 Å². The molecule has 1 aliphatic rings. The molecule has 0 amide bonds. The van der Waals surface area contributed by atoms with Gasteiger partial charge < -0.3 is 5.32 Å². The summed E-state index contributed by atoms with van der Waals surface area (Å²) in [4.78, 5) is 0. The topological polar surface area (TPSA) is 12.0 Å². The Hall–Kier alpha value is -0.760. The van der Waals surface area contributed by atoms with Crippen molar-refractivity contribution in [2.24, 2.45) is 0 Å². The van der Waals surface area contributed by atoms with Gasteiger partial charge in [-0.05, 0) is 31.4 Å². The molecule has 70 valence electrons. The Balaban J connectivity index is 2.48. The lowest BCUT2D eigenvalue weighted by atomic mass is 9.99. The lowest BCUT2D eigenvalue weighted by molar-refractivity contribution is 0.621. The molecular formula is C10H11ClFN. The van der Waals surface area contributed by atoms with Crippen molar-refractivity contribution in [3.05, 3.63) is 28.5 Å². The average molecular weight is 200 g/mol. The Morgan fingerprint density at radius 1 is 1.54 bits per heavy atom. The van der Waals surface area contributed by atoms with Crippen molar-refractivity contribution < 1.29 is 4.39 Å². The van der Waals surface area contributed by atoms with Crippen LogP contribution in [0.1, 0.15) is 18.9 Å². The van der Waals surface area contributed by atoms with Gasteiger partial charge in [0.25, 0.3) is 0 Å². The highest BCUT2D eigenvalue weighted by molar-refractivity contribution is 6.33. The summed E-state index contributed by atoms with van der Waals surface area (Å²) in [6.45, 7) is 2.07. The van der Waals surface area contributed by atoms with Crippen LogP contribution in [0.2, 0.25) is 5.02 Å². The van der Waals surface area contributed by atoms with Gasteiger partial charge in [-0.2, -0.15) is 0 Å². The van der Waals surface area contributed by atoms with Crippen molar-refractivity contribution in [3.63, 3.8) is 0 Å². The van der Waals surface area contributed by atoms with Crippen molar-refractivity contribution in [3.8, 4) is 0 Å². The fourth-order valence-electron chi connectivity index (χ4n) is 1.65. The Morgan fingerprint density at radius 2 is 2.31 bits per heavy atom. The molecule has 1 nitrogen and oxygen atoms in total. The zero-order valence-corrected chi connectivity index (χ0v) is 8.16. The van der Waals surface area contributed by atoms with E-state index in [1.807, 2.05) is 0 Å². The molecule has 1 aromatic rings. The first-order valence-electron chi connectivity index (χ1n) is 4.42. The van der Waals surface area contributed by atoms with Gasteiger partial charge in [-0.15, -0.1) is 0 Å². The molecule has 13 heavy (non-hydrogen) atoms. The maximum atomic E-state index is 13.1. The molecule has 0 saturated carbocycles. The van der Waals surface area contributed by atoms with Crippen LogP contribution in [0, 0.1) is 5.82 Å². The SMILES string of the molecule is CC1CCc2ccc(F)c(Cl)c2N1. The van der Waals surface area contributed by atoms with Crippen LogP contribution >= 0.6 is 11.6 Å². The highest BCUT2D eigenvalue weighted by Gasteiger charge is 2.18. The van der Waals surface area contributed by atoms with Gasteiger partial charge in [0.15, 0.2) is 0 Å². The molecule has 0 aliphatic carbocycles. The van der Waals surface area contributed by atoms with E-state index < -0.39 is 0 Å². The van der Waals surface area contributed by atoms with E-state index >= 15 is 0 Å². The minimum atomic E-state index is -0.345. The summed E-state index contributed by atoms with van der Waals surface area (Å²) in [7, 11) is 0. The lowest BCUT2D eigenvalue weighted by Gasteiger charge is -2.25. The fourth-order valence-corrected chi connectivity index (χ4v) is 1.88. The number of fused-ring (bicyclic) bond motifs is 1. The Labute approximate surface area is 81.9 Å². The van der Waals surface area contributed by atoms with Gasteiger partial charge in [0.05, 0.1) is 10.7 Å². The van der Waals surface area contributed by atoms with E-state index in [0.29, 0.717) is 6.04 Å². The van der Waals surface area contributed by atoms with Crippen molar-refractivity contribution in [1.29, 1.82) is 0 Å². The summed E-state index contributed by atoms with van der Waals surface area (Å²) in [6.07, 6.45) is 2.05. The normalized spacial score (nSPS) is 20.7. The number of hydrogen-bond acceptors (Lipinski definition) is 1. The Morgan fingerprint density at radius 3 is 3.08 bits per heavy atom. The van der Waals surface area contributed by atoms with Crippen molar-refractivity contribution in [2.75, 3.05) is 5.32 Å². The molecule has 1 N–H and O–H groups in total. The predicted octanol–water partition coefficient (Wildman–Crippen LogP) is 3.23. The van der Waals surface area contributed by atoms with Gasteiger partial charge in [0.1, 0.15) is 5.82 Å². The smallest absolute Gasteiger partial charge is 0.143 e. The number of nitrogens with one attached hydrogen (secondary N) is 1. The van der Waals surface area contributed by atoms with Crippen LogP contribution in [-0.4, -0.2) is 6.04 Å². The zero-order chi connectivity index (χ0) is 9.42. The van der Waals surface area contributed by atoms with Crippen molar-refractivity contribution in [2.45, 2.75) is 25.8 Å². The van der Waals surface area contributed by atoms with E-state index in [4.69, 9.17) is 11.6 Å². The third-order valence-corrected chi connectivity index (χ3v) is 2.79. The summed E-state index contributed by atoms with van der Waals surface area (Å²) in [5, 5.41) is 3.42. The standard InChI is InChI=1S/C10H11ClFN/c1-6-2-3-7-4-5-8(12)9(11)10(7)13-6/h4-6,13H,2-3H2,1H3. The van der Waals surface area contributed by atoms with Crippen LogP contribution < -0.4 is 5.32 Å². The summed E-state index contributed by atoms with van der Waals surface area (Å²) >= 11 is 5.84. The molecule has 0 spiro atoms. The molecule has 1 heterocycles. The molecule has 2 rings (SSSR count). The van der Waals surface area contributed by atoms with Crippen molar-refractivity contribution in [1.82, 2.24) is 0 Å². The monoisotopic (exact) mass is 199 g/mol. The predicted molar refractivity (Wildman–Crippen MR) is 52.8 cm³/mol. The summed E-state index contributed by atoms with van der Waals surface area (Å²) in [5.74, 6) is -0.345. The molecule has 1 unspecified atom stereocenters. The molecule has 0 bridgehead atoms. The molecule has 0 fully saturated rings. The molecule has 3 heteroatoms. The minimum Gasteiger partial charge on any atom is -0.381 e. The Kier molecular flexibility index (Phi) is 2.16. The molecule has 0 radical (unpaired) electrons. The molecular weight excluding hydrogens is 189 g/mol. The van der Waals surface area contributed by atoms with Gasteiger partial charge in [-0.3, -0.25) is 0 Å². The third-order valence-electron chi connectivity index (χ3n) is 2.42. The van der Waals surface area contributed by atoms with E-state index in [1.165, 1.54) is 6.07 Å². The summed E-state index contributed by atoms with van der Waals surface area (Å²) < 4.78 is 13.1. The number of benzene rings is 1. The van der Waals surface area contributed by atoms with Gasteiger partial charge in [0.2, 0.25) is 0 Å². The number of hydrogen-bond donors (Lipinski definition) is 1. The van der Waals surface area contributed by atoms with Gasteiger partial charge >= 0.3 is 0 Å². The third kappa shape index (κ3) is 1.51. The second kappa shape index (κ2) is 3.18. The average Bonchev–Trinajstić information content (AvgIpc) is 2.12. The Bertz CT molecular complexity index is 338. The molecule has 1 aliphatic heterocycles. The maximum Gasteiger partial charge on any atom is 0.143 e. The zero-order valence-electron chi connectivity index (χ0n) is 7.40. The highest BCUT2D eigenvalue weighted by Crippen LogP contribution is 2.33. The second-order valence-corrected chi connectivity index (χ2v) is 3.86. The first-order chi connectivity index (χ1) is 6.18. The second-order valence-electron chi connectivity index (χ2n) is 3.48. The number of aryl methyl sites for hydroxylation is 1. The minimum absolute atomic E-state index is 0.226. The number of rotatable bonds is 0. The molecule has 1 aromatic carbocycles. The van der Waals surface area contributed by atoms with Gasteiger partial charge in [0, 0.05) is 6.04 Å². The van der Waals surface area contributed by atoms with E-state index in [1.54, 1.807) is 6.07 Å². The van der Waals surface area contributed by atoms with Crippen LogP contribution in [0.15, 0.2) is 12.1 Å². The van der Waals surface area contributed by atoms with Gasteiger partial charge in [-0.25, -0.2) is 4.39 Å². The summed E-state index contributed by atoms with van der Waals surface area (Å²) in [6, 6.07) is 3.61. The van der Waals surface area contributed by atoms with Crippen LogP contribution in [-0.2, 0) is 6.42 Å². The molecule has 0 aromatic heterocycles. The van der Waals surface area contributed by atoms with Crippen LogP contribution in [0.3, 0.4) is 0 Å². The van der Waals surface area contributed by atoms with Gasteiger partial charge in [-0.1, -0.05) is 17.7 Å². The highest BCUT2D eigenvalue weighted by atomic mass is 35.5. The molecule has 1 atom stereocenters. The van der Waals surface area contributed by atoms with E-state index in [9.17, 15) is 4.39 Å². The summed E-state index contributed by atoms with van der Waals surface area (Å²) in [5.41, 5.74) is 1.89. The lowest BCUT2D eigenvalue weighted by Crippen LogP contribution is -2.22. The first kappa shape index (κ1) is 8.82. The quantitative estimate of drug-likeness (QED) is 0.677. The van der Waals surface area contributed by atoms with E-state index in [-0.39, 0.29) is 10.8 Å². The van der Waals surface area contributed by atoms with Crippen LogP contribution in [0.25, 0.3) is 0 Å².